The maximum atomic E-state index is 13.5. The van der Waals surface area contributed by atoms with Gasteiger partial charge in [0.05, 0.1) is 18.4 Å². The number of ether oxygens (including phenoxy) is 1. The van der Waals surface area contributed by atoms with E-state index >= 15 is 0 Å². The highest BCUT2D eigenvalue weighted by Gasteiger charge is 2.14. The average Bonchev–Trinajstić information content (AvgIpc) is 2.86. The molecule has 0 spiro atoms. The normalized spacial score (nSPS) is 12.2. The highest BCUT2D eigenvalue weighted by Crippen LogP contribution is 2.27. The summed E-state index contributed by atoms with van der Waals surface area (Å²) in [5, 5.41) is 0. The molecule has 4 heteroatoms. The van der Waals surface area contributed by atoms with E-state index < -0.39 is 6.67 Å². The number of aromatic nitrogens is 2. The van der Waals surface area contributed by atoms with Crippen molar-refractivity contribution < 1.29 is 9.13 Å². The van der Waals surface area contributed by atoms with Gasteiger partial charge in [-0.2, -0.15) is 0 Å². The van der Waals surface area contributed by atoms with Crippen LogP contribution in [-0.2, 0) is 17.8 Å². The third kappa shape index (κ3) is 10.8. The maximum Gasteiger partial charge on any atom is 0.116 e. The topological polar surface area (TPSA) is 35.0 Å². The van der Waals surface area contributed by atoms with Crippen molar-refractivity contribution in [2.24, 2.45) is 0 Å². The first-order valence-corrected chi connectivity index (χ1v) is 13.3. The van der Waals surface area contributed by atoms with Crippen LogP contribution in [0.1, 0.15) is 108 Å². The van der Waals surface area contributed by atoms with Crippen LogP contribution in [0.25, 0.3) is 11.3 Å². The van der Waals surface area contributed by atoms with Gasteiger partial charge in [0.25, 0.3) is 0 Å². The number of nitrogens with zero attached hydrogens (tertiary/aromatic N) is 2. The van der Waals surface area contributed by atoms with Crippen molar-refractivity contribution in [2.45, 2.75) is 116 Å². The summed E-state index contributed by atoms with van der Waals surface area (Å²) in [5.41, 5.74) is 4.34. The van der Waals surface area contributed by atoms with Crippen molar-refractivity contribution >= 4 is 0 Å². The lowest BCUT2D eigenvalue weighted by molar-refractivity contribution is 0.0176. The van der Waals surface area contributed by atoms with E-state index in [9.17, 15) is 4.39 Å². The van der Waals surface area contributed by atoms with E-state index in [1.54, 1.807) is 6.33 Å². The molecule has 1 aromatic carbocycles. The molecule has 0 bridgehead atoms. The lowest BCUT2D eigenvalue weighted by Crippen LogP contribution is -2.15. The number of alkyl halides is 1. The first kappa shape index (κ1) is 27.4. The second-order valence-electron chi connectivity index (χ2n) is 9.22. The molecule has 0 saturated heterocycles. The molecule has 0 saturated carbocycles. The van der Waals surface area contributed by atoms with Crippen LogP contribution in [0.3, 0.4) is 0 Å². The molecule has 2 rings (SSSR count). The van der Waals surface area contributed by atoms with Crippen LogP contribution in [-0.4, -0.2) is 22.7 Å². The molecule has 0 N–H and O–H groups in total. The van der Waals surface area contributed by atoms with E-state index in [4.69, 9.17) is 4.74 Å². The summed E-state index contributed by atoms with van der Waals surface area (Å²) in [6.45, 7) is 4.44. The molecule has 3 nitrogen and oxygen atoms in total. The molecular formula is C29H45FN2O. The maximum absolute atomic E-state index is 13.5. The molecule has 1 heterocycles. The van der Waals surface area contributed by atoms with Crippen LogP contribution in [0.5, 0.6) is 0 Å². The molecule has 184 valence electrons. The zero-order chi connectivity index (χ0) is 23.6. The van der Waals surface area contributed by atoms with E-state index in [1.807, 2.05) is 18.3 Å². The van der Waals surface area contributed by atoms with Gasteiger partial charge in [0.1, 0.15) is 13.0 Å². The summed E-state index contributed by atoms with van der Waals surface area (Å²) in [6.07, 6.45) is 20.1. The van der Waals surface area contributed by atoms with Crippen molar-refractivity contribution in [1.82, 2.24) is 9.97 Å². The third-order valence-corrected chi connectivity index (χ3v) is 6.39. The van der Waals surface area contributed by atoms with Gasteiger partial charge in [-0.1, -0.05) is 109 Å². The average molecular weight is 457 g/mol. The zero-order valence-electron chi connectivity index (χ0n) is 21.0. The number of halogens is 1. The minimum Gasteiger partial charge on any atom is -0.371 e. The van der Waals surface area contributed by atoms with Crippen molar-refractivity contribution in [3.63, 3.8) is 0 Å². The molecule has 1 unspecified atom stereocenters. The van der Waals surface area contributed by atoms with Gasteiger partial charge in [-0.3, -0.25) is 0 Å². The number of rotatable bonds is 19. The Hall–Kier alpha value is -1.81. The van der Waals surface area contributed by atoms with Gasteiger partial charge in [0, 0.05) is 11.8 Å². The van der Waals surface area contributed by atoms with E-state index in [0.29, 0.717) is 6.61 Å². The van der Waals surface area contributed by atoms with Crippen molar-refractivity contribution in [3.8, 4) is 11.3 Å². The lowest BCUT2D eigenvalue weighted by Gasteiger charge is -2.17. The highest BCUT2D eigenvalue weighted by atomic mass is 19.1. The predicted octanol–water partition coefficient (Wildman–Crippen LogP) is 8.65. The molecule has 0 aliphatic rings. The standard InChI is InChI=1S/C29H45FN2O/c1-3-5-7-9-10-11-12-13-17-25-22-31-24-32-29(25)28-20-16-15-18-26(28)23-33-27(21-30)19-14-8-6-4-2/h15-16,18,20,22,24,27H,3-14,17,19,21,23H2,1-2H3. The van der Waals surface area contributed by atoms with Gasteiger partial charge >= 0.3 is 0 Å². The minimum atomic E-state index is -0.425. The Morgan fingerprint density at radius 2 is 1.48 bits per heavy atom. The number of benzene rings is 1. The fourth-order valence-electron chi connectivity index (χ4n) is 4.32. The van der Waals surface area contributed by atoms with Gasteiger partial charge in [-0.15, -0.1) is 0 Å². The Kier molecular flexibility index (Phi) is 14.7. The summed E-state index contributed by atoms with van der Waals surface area (Å²) < 4.78 is 19.5. The van der Waals surface area contributed by atoms with Crippen molar-refractivity contribution in [3.05, 3.63) is 47.9 Å². The summed E-state index contributed by atoms with van der Waals surface area (Å²) in [6, 6.07) is 8.24. The van der Waals surface area contributed by atoms with Gasteiger partial charge in [0.15, 0.2) is 0 Å². The van der Waals surface area contributed by atoms with Crippen molar-refractivity contribution in [1.29, 1.82) is 0 Å². The Morgan fingerprint density at radius 3 is 2.21 bits per heavy atom. The SMILES string of the molecule is CCCCCCCCCCc1cncnc1-c1ccccc1COC(CF)CCCCCC. The first-order chi connectivity index (χ1) is 16.3. The van der Waals surface area contributed by atoms with E-state index in [-0.39, 0.29) is 6.10 Å². The summed E-state index contributed by atoms with van der Waals surface area (Å²) in [5.74, 6) is 0. The molecule has 0 amide bonds. The minimum absolute atomic E-state index is 0.322. The molecule has 0 fully saturated rings. The zero-order valence-corrected chi connectivity index (χ0v) is 21.0. The van der Waals surface area contributed by atoms with Gasteiger partial charge in [-0.25, -0.2) is 14.4 Å². The quantitative estimate of drug-likeness (QED) is 0.198. The summed E-state index contributed by atoms with van der Waals surface area (Å²) in [7, 11) is 0. The molecule has 1 atom stereocenters. The van der Waals surface area contributed by atoms with E-state index in [0.717, 1.165) is 48.9 Å². The number of aryl methyl sites for hydroxylation is 1. The van der Waals surface area contributed by atoms with Gasteiger partial charge in [0.2, 0.25) is 0 Å². The summed E-state index contributed by atoms with van der Waals surface area (Å²) in [4.78, 5) is 8.93. The van der Waals surface area contributed by atoms with Gasteiger partial charge in [-0.05, 0) is 30.4 Å². The second-order valence-corrected chi connectivity index (χ2v) is 9.22. The molecular weight excluding hydrogens is 411 g/mol. The Balaban J connectivity index is 1.92. The molecule has 0 aliphatic heterocycles. The summed E-state index contributed by atoms with van der Waals surface area (Å²) >= 11 is 0. The Labute approximate surface area is 201 Å². The van der Waals surface area contributed by atoms with Crippen LogP contribution in [0.2, 0.25) is 0 Å². The van der Waals surface area contributed by atoms with Crippen molar-refractivity contribution in [2.75, 3.05) is 6.67 Å². The van der Waals surface area contributed by atoms with E-state index in [2.05, 4.69) is 35.9 Å². The highest BCUT2D eigenvalue weighted by molar-refractivity contribution is 5.66. The lowest BCUT2D eigenvalue weighted by atomic mass is 9.98. The van der Waals surface area contributed by atoms with Crippen LogP contribution in [0.4, 0.5) is 4.39 Å². The number of hydrogen-bond acceptors (Lipinski definition) is 3. The fourth-order valence-corrected chi connectivity index (χ4v) is 4.32. The molecule has 2 aromatic rings. The predicted molar refractivity (Wildman–Crippen MR) is 137 cm³/mol. The van der Waals surface area contributed by atoms with Crippen LogP contribution < -0.4 is 0 Å². The third-order valence-electron chi connectivity index (χ3n) is 6.39. The molecule has 33 heavy (non-hydrogen) atoms. The monoisotopic (exact) mass is 456 g/mol. The Morgan fingerprint density at radius 1 is 0.818 bits per heavy atom. The number of hydrogen-bond donors (Lipinski definition) is 0. The molecule has 1 aromatic heterocycles. The Bertz CT molecular complexity index is 752. The van der Waals surface area contributed by atoms with E-state index in [1.165, 1.54) is 63.4 Å². The molecule has 0 radical (unpaired) electrons. The largest absolute Gasteiger partial charge is 0.371 e. The van der Waals surface area contributed by atoms with Crippen LogP contribution in [0.15, 0.2) is 36.8 Å². The second kappa shape index (κ2) is 17.6. The number of unbranched alkanes of at least 4 members (excludes halogenated alkanes) is 10. The van der Waals surface area contributed by atoms with Gasteiger partial charge < -0.3 is 4.74 Å². The van der Waals surface area contributed by atoms with Crippen LogP contribution in [0, 0.1) is 0 Å². The van der Waals surface area contributed by atoms with Crippen LogP contribution >= 0.6 is 0 Å². The molecule has 0 aliphatic carbocycles. The first-order valence-electron chi connectivity index (χ1n) is 13.3. The smallest absolute Gasteiger partial charge is 0.116 e. The fraction of sp³-hybridized carbons (Fsp3) is 0.655.